The Labute approximate surface area is 298 Å². The molecule has 256 valence electrons. The maximum Gasteiger partial charge on any atom is 0.191 e. The molecule has 7 heteroatoms. The van der Waals surface area contributed by atoms with Crippen LogP contribution < -0.4 is 0 Å². The van der Waals surface area contributed by atoms with Gasteiger partial charge in [0.2, 0.25) is 0 Å². The highest BCUT2D eigenvalue weighted by Gasteiger charge is 2.50. The molecule has 1 aliphatic heterocycles. The number of ketones is 1. The van der Waals surface area contributed by atoms with Gasteiger partial charge in [0.05, 0.1) is 31.7 Å². The molecule has 1 saturated heterocycles. The standard InChI is InChI=1S/C43H42O6S/c44-39-36-24-14-13-21-34(36)25-26-37(39)48-43-42(50-35-22-11-4-12-23-35)41(47-29-33-19-9-3-10-20-33)40(46-28-32-17-7-2-8-18-32)38(49-43)30-45-27-31-15-5-1-6-16-31/h1-24,37-38,40-43H,25-30H2/t37?,38-,40-,41+,42-,43-/m1/s1. The van der Waals surface area contributed by atoms with Crippen molar-refractivity contribution in [3.8, 4) is 0 Å². The molecular formula is C43H42O6S. The van der Waals surface area contributed by atoms with Crippen LogP contribution in [-0.2, 0) is 49.9 Å². The summed E-state index contributed by atoms with van der Waals surface area (Å²) < 4.78 is 33.7. The van der Waals surface area contributed by atoms with Crippen molar-refractivity contribution in [3.63, 3.8) is 0 Å². The van der Waals surface area contributed by atoms with Gasteiger partial charge >= 0.3 is 0 Å². The van der Waals surface area contributed by atoms with E-state index in [1.807, 2.05) is 109 Å². The number of hydrogen-bond donors (Lipinski definition) is 0. The van der Waals surface area contributed by atoms with Crippen LogP contribution in [0.25, 0.3) is 0 Å². The summed E-state index contributed by atoms with van der Waals surface area (Å²) in [7, 11) is 0. The van der Waals surface area contributed by atoms with Gasteiger partial charge in [0.25, 0.3) is 0 Å². The third-order valence-corrected chi connectivity index (χ3v) is 10.4. The Kier molecular flexibility index (Phi) is 11.8. The second-order valence-electron chi connectivity index (χ2n) is 12.6. The van der Waals surface area contributed by atoms with E-state index in [2.05, 4.69) is 36.4 Å². The molecule has 2 aliphatic rings. The first kappa shape index (κ1) is 34.4. The lowest BCUT2D eigenvalue weighted by molar-refractivity contribution is -0.280. The van der Waals surface area contributed by atoms with Crippen molar-refractivity contribution in [2.24, 2.45) is 0 Å². The molecule has 6 nitrogen and oxygen atoms in total. The first-order chi connectivity index (χ1) is 24.7. The van der Waals surface area contributed by atoms with Crippen LogP contribution in [0.15, 0.2) is 150 Å². The first-order valence-corrected chi connectivity index (χ1v) is 18.2. The van der Waals surface area contributed by atoms with Crippen LogP contribution in [0.1, 0.15) is 39.0 Å². The van der Waals surface area contributed by atoms with Crippen LogP contribution in [0.2, 0.25) is 0 Å². The van der Waals surface area contributed by atoms with Gasteiger partial charge in [-0.05, 0) is 47.2 Å². The van der Waals surface area contributed by atoms with Crippen LogP contribution in [-0.4, -0.2) is 48.3 Å². The van der Waals surface area contributed by atoms with Crippen molar-refractivity contribution in [1.29, 1.82) is 0 Å². The molecule has 0 amide bonds. The van der Waals surface area contributed by atoms with Crippen molar-refractivity contribution >= 4 is 17.5 Å². The monoisotopic (exact) mass is 686 g/mol. The Balaban J connectivity index is 1.22. The van der Waals surface area contributed by atoms with Crippen LogP contribution in [0.5, 0.6) is 0 Å². The predicted molar refractivity (Wildman–Crippen MR) is 195 cm³/mol. The SMILES string of the molecule is O=C1c2ccccc2CCC1O[C@@H]1O[C@H](COCc2ccccc2)[C@@H](OCc2ccccc2)[C@H](OCc2ccccc2)[C@H]1Sc1ccccc1. The number of hydrogen-bond acceptors (Lipinski definition) is 7. The van der Waals surface area contributed by atoms with Gasteiger partial charge < -0.3 is 23.7 Å². The summed E-state index contributed by atoms with van der Waals surface area (Å²) in [5.41, 5.74) is 4.95. The molecule has 0 saturated carbocycles. The number of rotatable bonds is 14. The summed E-state index contributed by atoms with van der Waals surface area (Å²) in [6.45, 7) is 1.43. The molecule has 0 bridgehead atoms. The lowest BCUT2D eigenvalue weighted by atomic mass is 9.88. The molecule has 0 aromatic heterocycles. The van der Waals surface area contributed by atoms with Crippen molar-refractivity contribution in [2.75, 3.05) is 6.61 Å². The molecule has 5 aromatic carbocycles. The van der Waals surface area contributed by atoms with E-state index in [1.54, 1.807) is 11.8 Å². The molecule has 0 spiro atoms. The summed E-state index contributed by atoms with van der Waals surface area (Å²) in [6, 6.07) is 48.4. The minimum atomic E-state index is -0.776. The number of Topliss-reactive ketones (excluding diaryl/α,β-unsaturated/α-hetero) is 1. The number of ether oxygens (including phenoxy) is 5. The molecule has 1 heterocycles. The summed E-state index contributed by atoms with van der Waals surface area (Å²) in [6.07, 6.45) is -1.59. The van der Waals surface area contributed by atoms with Gasteiger partial charge in [-0.2, -0.15) is 0 Å². The maximum absolute atomic E-state index is 13.8. The molecule has 6 atom stereocenters. The fourth-order valence-electron chi connectivity index (χ4n) is 6.56. The predicted octanol–water partition coefficient (Wildman–Crippen LogP) is 8.47. The van der Waals surface area contributed by atoms with E-state index in [4.69, 9.17) is 23.7 Å². The zero-order valence-electron chi connectivity index (χ0n) is 27.9. The van der Waals surface area contributed by atoms with E-state index in [0.29, 0.717) is 26.2 Å². The van der Waals surface area contributed by atoms with Crippen LogP contribution in [0.4, 0.5) is 0 Å². The number of thioether (sulfide) groups is 1. The minimum absolute atomic E-state index is 0.0139. The average molecular weight is 687 g/mol. The third-order valence-electron chi connectivity index (χ3n) is 9.12. The Morgan fingerprint density at radius 1 is 0.620 bits per heavy atom. The van der Waals surface area contributed by atoms with Crippen molar-refractivity contribution < 1.29 is 28.5 Å². The first-order valence-electron chi connectivity index (χ1n) is 17.3. The maximum atomic E-state index is 13.8. The molecule has 5 aromatic rings. The Morgan fingerprint density at radius 2 is 1.16 bits per heavy atom. The number of carbonyl (C=O) groups is 1. The zero-order chi connectivity index (χ0) is 34.0. The van der Waals surface area contributed by atoms with Crippen LogP contribution in [0, 0.1) is 0 Å². The molecule has 1 fully saturated rings. The largest absolute Gasteiger partial charge is 0.374 e. The quantitative estimate of drug-likeness (QED) is 0.116. The van der Waals surface area contributed by atoms with Crippen molar-refractivity contribution in [3.05, 3.63) is 173 Å². The molecule has 1 aliphatic carbocycles. The van der Waals surface area contributed by atoms with Gasteiger partial charge in [-0.25, -0.2) is 0 Å². The van der Waals surface area contributed by atoms with E-state index in [-0.39, 0.29) is 17.6 Å². The summed E-state index contributed by atoms with van der Waals surface area (Å²) >= 11 is 1.63. The van der Waals surface area contributed by atoms with Gasteiger partial charge in [0, 0.05) is 10.5 Å². The molecule has 50 heavy (non-hydrogen) atoms. The van der Waals surface area contributed by atoms with Gasteiger partial charge in [0.15, 0.2) is 12.1 Å². The van der Waals surface area contributed by atoms with Crippen molar-refractivity contribution in [2.45, 2.75) is 73.5 Å². The van der Waals surface area contributed by atoms with E-state index in [1.165, 1.54) is 0 Å². The van der Waals surface area contributed by atoms with Gasteiger partial charge in [-0.3, -0.25) is 4.79 Å². The Morgan fingerprint density at radius 3 is 1.80 bits per heavy atom. The van der Waals surface area contributed by atoms with E-state index in [9.17, 15) is 4.79 Å². The smallest absolute Gasteiger partial charge is 0.191 e. The summed E-state index contributed by atoms with van der Waals surface area (Å²) in [5.74, 6) is -0.0139. The number of fused-ring (bicyclic) bond motifs is 1. The average Bonchev–Trinajstić information content (AvgIpc) is 3.17. The fourth-order valence-corrected chi connectivity index (χ4v) is 7.79. The topological polar surface area (TPSA) is 63.2 Å². The van der Waals surface area contributed by atoms with Crippen molar-refractivity contribution in [1.82, 2.24) is 0 Å². The summed E-state index contributed by atoms with van der Waals surface area (Å²) in [4.78, 5) is 14.9. The third kappa shape index (κ3) is 8.79. The van der Waals surface area contributed by atoms with E-state index < -0.39 is 30.7 Å². The molecule has 0 N–H and O–H groups in total. The lowest BCUT2D eigenvalue weighted by Crippen LogP contribution is -2.60. The number of benzene rings is 5. The van der Waals surface area contributed by atoms with Gasteiger partial charge in [-0.1, -0.05) is 133 Å². The molecule has 0 radical (unpaired) electrons. The zero-order valence-corrected chi connectivity index (χ0v) is 28.7. The highest BCUT2D eigenvalue weighted by molar-refractivity contribution is 8.00. The lowest BCUT2D eigenvalue weighted by Gasteiger charge is -2.46. The van der Waals surface area contributed by atoms with Gasteiger partial charge in [0.1, 0.15) is 24.4 Å². The van der Waals surface area contributed by atoms with E-state index in [0.717, 1.165) is 39.1 Å². The molecule has 1 unspecified atom stereocenters. The van der Waals surface area contributed by atoms with Crippen LogP contribution >= 0.6 is 11.8 Å². The molecule has 7 rings (SSSR count). The minimum Gasteiger partial charge on any atom is -0.374 e. The highest BCUT2D eigenvalue weighted by atomic mass is 32.2. The second kappa shape index (κ2) is 17.2. The number of carbonyl (C=O) groups excluding carboxylic acids is 1. The Hall–Kier alpha value is -4.08. The number of aryl methyl sites for hydroxylation is 1. The van der Waals surface area contributed by atoms with Gasteiger partial charge in [-0.15, -0.1) is 11.8 Å². The highest BCUT2D eigenvalue weighted by Crippen LogP contribution is 2.40. The fraction of sp³-hybridized carbons (Fsp3) is 0.279. The van der Waals surface area contributed by atoms with E-state index >= 15 is 0 Å². The molecular weight excluding hydrogens is 645 g/mol. The summed E-state index contributed by atoms with van der Waals surface area (Å²) in [5, 5.41) is -0.364. The second-order valence-corrected chi connectivity index (χ2v) is 13.9. The van der Waals surface area contributed by atoms with Crippen LogP contribution in [0.3, 0.4) is 0 Å². The Bertz CT molecular complexity index is 1770. The normalized spacial score (nSPS) is 23.3.